The molecule has 0 spiro atoms. The number of halogens is 1. The lowest BCUT2D eigenvalue weighted by Crippen LogP contribution is -2.09. The van der Waals surface area contributed by atoms with Crippen LogP contribution < -0.4 is 5.73 Å². The summed E-state index contributed by atoms with van der Waals surface area (Å²) in [5.41, 5.74) is 6.52. The van der Waals surface area contributed by atoms with E-state index in [2.05, 4.69) is 0 Å². The topological polar surface area (TPSA) is 49.8 Å². The molecule has 0 saturated carbocycles. The Labute approximate surface area is 70.4 Å². The van der Waals surface area contributed by atoms with Crippen LogP contribution in [0.25, 0.3) is 0 Å². The summed E-state index contributed by atoms with van der Waals surface area (Å²) in [6.07, 6.45) is 0. The van der Waals surface area contributed by atoms with E-state index in [1.54, 1.807) is 18.2 Å². The smallest absolute Gasteiger partial charge is 0.129 e. The highest BCUT2D eigenvalue weighted by molar-refractivity contribution is 5.29. The van der Waals surface area contributed by atoms with Crippen LogP contribution in [0, 0.1) is 24.1 Å². The standard InChI is InChI=1S/C9H9FN2/c1-6-2-3-8(10)7(4-6)9(12)5-11/h2-4,9H,12H2,1H3. The number of nitrogens with zero attached hydrogens (tertiary/aromatic N) is 1. The Bertz CT molecular complexity index is 328. The Morgan fingerprint density at radius 1 is 1.58 bits per heavy atom. The third kappa shape index (κ3) is 1.60. The van der Waals surface area contributed by atoms with Gasteiger partial charge >= 0.3 is 0 Å². The van der Waals surface area contributed by atoms with Gasteiger partial charge in [0.1, 0.15) is 11.9 Å². The van der Waals surface area contributed by atoms with E-state index in [9.17, 15) is 4.39 Å². The first-order chi connectivity index (χ1) is 5.65. The highest BCUT2D eigenvalue weighted by atomic mass is 19.1. The van der Waals surface area contributed by atoms with Gasteiger partial charge in [-0.15, -0.1) is 0 Å². The van der Waals surface area contributed by atoms with Crippen LogP contribution in [0.3, 0.4) is 0 Å². The lowest BCUT2D eigenvalue weighted by atomic mass is 10.1. The number of hydrogen-bond acceptors (Lipinski definition) is 2. The van der Waals surface area contributed by atoms with Crippen LogP contribution in [-0.4, -0.2) is 0 Å². The van der Waals surface area contributed by atoms with Crippen LogP contribution in [0.4, 0.5) is 4.39 Å². The molecule has 1 unspecified atom stereocenters. The highest BCUT2D eigenvalue weighted by Crippen LogP contribution is 2.15. The molecule has 1 rings (SSSR count). The molecule has 0 saturated heterocycles. The van der Waals surface area contributed by atoms with Crippen molar-refractivity contribution >= 4 is 0 Å². The van der Waals surface area contributed by atoms with Gasteiger partial charge < -0.3 is 5.73 Å². The van der Waals surface area contributed by atoms with Crippen molar-refractivity contribution in [1.29, 1.82) is 5.26 Å². The van der Waals surface area contributed by atoms with E-state index in [0.717, 1.165) is 5.56 Å². The molecule has 2 N–H and O–H groups in total. The van der Waals surface area contributed by atoms with Gasteiger partial charge in [-0.05, 0) is 13.0 Å². The molecule has 0 aliphatic heterocycles. The van der Waals surface area contributed by atoms with Crippen molar-refractivity contribution in [3.05, 3.63) is 35.1 Å². The van der Waals surface area contributed by atoms with Gasteiger partial charge in [0, 0.05) is 5.56 Å². The van der Waals surface area contributed by atoms with Crippen LogP contribution in [0.5, 0.6) is 0 Å². The minimum Gasteiger partial charge on any atom is -0.312 e. The molecule has 0 fully saturated rings. The largest absolute Gasteiger partial charge is 0.312 e. The van der Waals surface area contributed by atoms with E-state index in [-0.39, 0.29) is 5.56 Å². The monoisotopic (exact) mass is 164 g/mol. The van der Waals surface area contributed by atoms with Crippen molar-refractivity contribution < 1.29 is 4.39 Å². The predicted octanol–water partition coefficient (Wildman–Crippen LogP) is 1.66. The number of aryl methyl sites for hydroxylation is 1. The molecular formula is C9H9FN2. The Hall–Kier alpha value is -1.40. The zero-order chi connectivity index (χ0) is 9.14. The fourth-order valence-electron chi connectivity index (χ4n) is 0.971. The summed E-state index contributed by atoms with van der Waals surface area (Å²) >= 11 is 0. The first kappa shape index (κ1) is 8.69. The van der Waals surface area contributed by atoms with E-state index >= 15 is 0 Å². The van der Waals surface area contributed by atoms with Crippen molar-refractivity contribution in [2.45, 2.75) is 13.0 Å². The number of nitrogens with two attached hydrogens (primary N) is 1. The average molecular weight is 164 g/mol. The van der Waals surface area contributed by atoms with Gasteiger partial charge in [0.15, 0.2) is 0 Å². The Kier molecular flexibility index (Phi) is 2.41. The van der Waals surface area contributed by atoms with E-state index in [1.807, 2.05) is 6.92 Å². The van der Waals surface area contributed by atoms with Crippen LogP contribution in [0.2, 0.25) is 0 Å². The third-order valence-electron chi connectivity index (χ3n) is 1.63. The molecule has 0 aromatic heterocycles. The summed E-state index contributed by atoms with van der Waals surface area (Å²) in [5.74, 6) is -0.422. The number of benzene rings is 1. The maximum Gasteiger partial charge on any atom is 0.129 e. The second-order valence-corrected chi connectivity index (χ2v) is 2.63. The van der Waals surface area contributed by atoms with Gasteiger partial charge in [0.05, 0.1) is 6.07 Å². The third-order valence-corrected chi connectivity index (χ3v) is 1.63. The SMILES string of the molecule is Cc1ccc(F)c(C(N)C#N)c1. The van der Waals surface area contributed by atoms with E-state index < -0.39 is 11.9 Å². The molecule has 12 heavy (non-hydrogen) atoms. The molecule has 0 aliphatic carbocycles. The molecule has 0 bridgehead atoms. The fraction of sp³-hybridized carbons (Fsp3) is 0.222. The van der Waals surface area contributed by atoms with E-state index in [4.69, 9.17) is 11.0 Å². The molecular weight excluding hydrogens is 155 g/mol. The van der Waals surface area contributed by atoms with Crippen LogP contribution in [0.15, 0.2) is 18.2 Å². The lowest BCUT2D eigenvalue weighted by molar-refractivity contribution is 0.603. The predicted molar refractivity (Wildman–Crippen MR) is 43.7 cm³/mol. The van der Waals surface area contributed by atoms with E-state index in [1.165, 1.54) is 6.07 Å². The zero-order valence-corrected chi connectivity index (χ0v) is 6.71. The molecule has 0 aliphatic rings. The van der Waals surface area contributed by atoms with Crippen molar-refractivity contribution in [3.8, 4) is 6.07 Å². The molecule has 2 nitrogen and oxygen atoms in total. The molecule has 1 atom stereocenters. The Balaban J connectivity index is 3.15. The summed E-state index contributed by atoms with van der Waals surface area (Å²) < 4.78 is 13.0. The fourth-order valence-corrected chi connectivity index (χ4v) is 0.971. The number of nitriles is 1. The molecule has 1 aromatic rings. The van der Waals surface area contributed by atoms with E-state index in [0.29, 0.717) is 0 Å². The maximum absolute atomic E-state index is 13.0. The molecule has 1 aromatic carbocycles. The second kappa shape index (κ2) is 3.33. The first-order valence-corrected chi connectivity index (χ1v) is 3.56. The quantitative estimate of drug-likeness (QED) is 0.686. The molecule has 0 radical (unpaired) electrons. The summed E-state index contributed by atoms with van der Waals surface area (Å²) in [6.45, 7) is 1.83. The second-order valence-electron chi connectivity index (χ2n) is 2.63. The van der Waals surface area contributed by atoms with Crippen molar-refractivity contribution in [1.82, 2.24) is 0 Å². The maximum atomic E-state index is 13.0. The van der Waals surface area contributed by atoms with Gasteiger partial charge in [-0.2, -0.15) is 5.26 Å². The summed E-state index contributed by atoms with van der Waals surface area (Å²) in [4.78, 5) is 0. The zero-order valence-electron chi connectivity index (χ0n) is 6.71. The van der Waals surface area contributed by atoms with Crippen LogP contribution in [0.1, 0.15) is 17.2 Å². The van der Waals surface area contributed by atoms with Gasteiger partial charge in [0.2, 0.25) is 0 Å². The van der Waals surface area contributed by atoms with Crippen molar-refractivity contribution in [3.63, 3.8) is 0 Å². The minimum absolute atomic E-state index is 0.262. The van der Waals surface area contributed by atoms with Gasteiger partial charge in [-0.25, -0.2) is 4.39 Å². The molecule has 0 heterocycles. The van der Waals surface area contributed by atoms with Gasteiger partial charge in [-0.1, -0.05) is 17.7 Å². The molecule has 3 heteroatoms. The Morgan fingerprint density at radius 3 is 2.83 bits per heavy atom. The average Bonchev–Trinajstić information content (AvgIpc) is 2.08. The summed E-state index contributed by atoms with van der Waals surface area (Å²) in [5, 5.41) is 8.46. The normalized spacial score (nSPS) is 12.2. The Morgan fingerprint density at radius 2 is 2.25 bits per heavy atom. The van der Waals surface area contributed by atoms with Crippen LogP contribution >= 0.6 is 0 Å². The van der Waals surface area contributed by atoms with Crippen LogP contribution in [-0.2, 0) is 0 Å². The number of rotatable bonds is 1. The minimum atomic E-state index is -0.870. The van der Waals surface area contributed by atoms with Crippen molar-refractivity contribution in [2.24, 2.45) is 5.73 Å². The molecule has 0 amide bonds. The number of hydrogen-bond donors (Lipinski definition) is 1. The van der Waals surface area contributed by atoms with Crippen molar-refractivity contribution in [2.75, 3.05) is 0 Å². The highest BCUT2D eigenvalue weighted by Gasteiger charge is 2.09. The first-order valence-electron chi connectivity index (χ1n) is 3.56. The lowest BCUT2D eigenvalue weighted by Gasteiger charge is -2.04. The molecule has 62 valence electrons. The summed E-state index contributed by atoms with van der Waals surface area (Å²) in [6, 6.07) is 5.47. The van der Waals surface area contributed by atoms with Gasteiger partial charge in [0.25, 0.3) is 0 Å². The summed E-state index contributed by atoms with van der Waals surface area (Å²) in [7, 11) is 0. The van der Waals surface area contributed by atoms with Gasteiger partial charge in [-0.3, -0.25) is 0 Å².